The number of rotatable bonds is 7. The number of sulfonamides is 1. The number of anilines is 1. The molecule has 0 bridgehead atoms. The molecule has 0 aliphatic rings. The van der Waals surface area contributed by atoms with E-state index in [9.17, 15) is 13.2 Å². The van der Waals surface area contributed by atoms with Gasteiger partial charge in [0.25, 0.3) is 5.91 Å². The standard InChI is InChI=1S/C25H28N2O3S/c1-5-27(31(29,30)23-14-7-18(2)8-15-23)17-21-10-12-22(13-11-21)25(28)26-24-16-19(3)6-9-20(24)4/h6-16H,5,17H2,1-4H3,(H,26,28). The molecule has 0 saturated carbocycles. The predicted molar refractivity (Wildman–Crippen MR) is 125 cm³/mol. The molecule has 3 rings (SSSR count). The molecule has 31 heavy (non-hydrogen) atoms. The Kier molecular flexibility index (Phi) is 6.93. The van der Waals surface area contributed by atoms with Gasteiger partial charge >= 0.3 is 0 Å². The molecule has 0 spiro atoms. The van der Waals surface area contributed by atoms with Crippen LogP contribution < -0.4 is 5.32 Å². The molecule has 5 nitrogen and oxygen atoms in total. The first-order chi connectivity index (χ1) is 14.7. The molecule has 0 aromatic heterocycles. The van der Waals surface area contributed by atoms with Crippen molar-refractivity contribution in [2.75, 3.05) is 11.9 Å². The molecule has 0 radical (unpaired) electrons. The molecular formula is C25H28N2O3S. The molecule has 0 unspecified atom stereocenters. The third-order valence-corrected chi connectivity index (χ3v) is 7.16. The minimum Gasteiger partial charge on any atom is -0.322 e. The van der Waals surface area contributed by atoms with Crippen LogP contribution in [-0.2, 0) is 16.6 Å². The fraction of sp³-hybridized carbons (Fsp3) is 0.240. The maximum absolute atomic E-state index is 13.0. The molecule has 0 atom stereocenters. The second kappa shape index (κ2) is 9.45. The smallest absolute Gasteiger partial charge is 0.255 e. The summed E-state index contributed by atoms with van der Waals surface area (Å²) in [5.74, 6) is -0.195. The summed E-state index contributed by atoms with van der Waals surface area (Å²) in [4.78, 5) is 12.9. The quantitative estimate of drug-likeness (QED) is 0.562. The average Bonchev–Trinajstić information content (AvgIpc) is 2.75. The highest BCUT2D eigenvalue weighted by Gasteiger charge is 2.23. The summed E-state index contributed by atoms with van der Waals surface area (Å²) in [5.41, 5.74) is 5.21. The van der Waals surface area contributed by atoms with Crippen molar-refractivity contribution >= 4 is 21.6 Å². The topological polar surface area (TPSA) is 66.5 Å². The van der Waals surface area contributed by atoms with Crippen molar-refractivity contribution in [3.05, 3.63) is 94.5 Å². The molecule has 0 saturated heterocycles. The van der Waals surface area contributed by atoms with Crippen molar-refractivity contribution in [1.29, 1.82) is 0 Å². The van der Waals surface area contributed by atoms with Crippen molar-refractivity contribution < 1.29 is 13.2 Å². The molecule has 6 heteroatoms. The van der Waals surface area contributed by atoms with E-state index in [0.717, 1.165) is 27.9 Å². The highest BCUT2D eigenvalue weighted by molar-refractivity contribution is 7.89. The Hall–Kier alpha value is -2.96. The number of nitrogens with zero attached hydrogens (tertiary/aromatic N) is 1. The molecule has 3 aromatic rings. The van der Waals surface area contributed by atoms with Crippen molar-refractivity contribution in [2.45, 2.75) is 39.1 Å². The van der Waals surface area contributed by atoms with Crippen molar-refractivity contribution in [2.24, 2.45) is 0 Å². The number of benzene rings is 3. The Labute approximate surface area is 184 Å². The lowest BCUT2D eigenvalue weighted by Crippen LogP contribution is -2.30. The van der Waals surface area contributed by atoms with Gasteiger partial charge in [-0.1, -0.05) is 48.9 Å². The lowest BCUT2D eigenvalue weighted by molar-refractivity contribution is 0.102. The molecule has 0 heterocycles. The number of amides is 1. The minimum atomic E-state index is -3.59. The van der Waals surface area contributed by atoms with Crippen LogP contribution in [0.4, 0.5) is 5.69 Å². The molecule has 162 valence electrons. The Morgan fingerprint density at radius 3 is 2.10 bits per heavy atom. The zero-order valence-corrected chi connectivity index (χ0v) is 19.2. The van der Waals surface area contributed by atoms with Gasteiger partial charge in [0, 0.05) is 24.3 Å². The van der Waals surface area contributed by atoms with Gasteiger partial charge < -0.3 is 5.32 Å². The van der Waals surface area contributed by atoms with Crippen LogP contribution in [-0.4, -0.2) is 25.2 Å². The van der Waals surface area contributed by atoms with Crippen molar-refractivity contribution in [3.8, 4) is 0 Å². The monoisotopic (exact) mass is 436 g/mol. The molecule has 0 aliphatic heterocycles. The van der Waals surface area contributed by atoms with Crippen LogP contribution in [0, 0.1) is 20.8 Å². The summed E-state index contributed by atoms with van der Waals surface area (Å²) in [6.45, 7) is 8.26. The first-order valence-corrected chi connectivity index (χ1v) is 11.7. The normalized spacial score (nSPS) is 11.5. The molecular weight excluding hydrogens is 408 g/mol. The van der Waals surface area contributed by atoms with Gasteiger partial charge in [0.2, 0.25) is 10.0 Å². The van der Waals surface area contributed by atoms with Crippen LogP contribution in [0.5, 0.6) is 0 Å². The number of hydrogen-bond acceptors (Lipinski definition) is 3. The first-order valence-electron chi connectivity index (χ1n) is 10.2. The summed E-state index contributed by atoms with van der Waals surface area (Å²) in [6, 6.07) is 19.8. The SMILES string of the molecule is CCN(Cc1ccc(C(=O)Nc2cc(C)ccc2C)cc1)S(=O)(=O)c1ccc(C)cc1. The van der Waals surface area contributed by atoms with E-state index in [2.05, 4.69) is 5.32 Å². The van der Waals surface area contributed by atoms with Crippen molar-refractivity contribution in [1.82, 2.24) is 4.31 Å². The van der Waals surface area contributed by atoms with E-state index in [4.69, 9.17) is 0 Å². The largest absolute Gasteiger partial charge is 0.322 e. The number of carbonyl (C=O) groups excluding carboxylic acids is 1. The zero-order chi connectivity index (χ0) is 22.6. The molecule has 1 amide bonds. The summed E-state index contributed by atoms with van der Waals surface area (Å²) in [6.07, 6.45) is 0. The second-order valence-corrected chi connectivity index (χ2v) is 9.65. The van der Waals surface area contributed by atoms with Gasteiger partial charge in [-0.05, 0) is 67.8 Å². The fourth-order valence-electron chi connectivity index (χ4n) is 3.26. The van der Waals surface area contributed by atoms with Crippen molar-refractivity contribution in [3.63, 3.8) is 0 Å². The molecule has 0 fully saturated rings. The second-order valence-electron chi connectivity index (χ2n) is 7.71. The molecule has 1 N–H and O–H groups in total. The Morgan fingerprint density at radius 2 is 1.48 bits per heavy atom. The Morgan fingerprint density at radius 1 is 0.871 bits per heavy atom. The van der Waals surface area contributed by atoms with Crippen LogP contribution in [0.1, 0.15) is 39.5 Å². The lowest BCUT2D eigenvalue weighted by atomic mass is 10.1. The van der Waals surface area contributed by atoms with Gasteiger partial charge in [-0.2, -0.15) is 4.31 Å². The molecule has 0 aliphatic carbocycles. The van der Waals surface area contributed by atoms with E-state index in [0.29, 0.717) is 12.1 Å². The third-order valence-electron chi connectivity index (χ3n) is 5.23. The Bertz CT molecular complexity index is 1170. The maximum Gasteiger partial charge on any atom is 0.255 e. The number of hydrogen-bond donors (Lipinski definition) is 1. The Balaban J connectivity index is 1.73. The van der Waals surface area contributed by atoms with Crippen LogP contribution >= 0.6 is 0 Å². The summed E-state index contributed by atoms with van der Waals surface area (Å²) in [7, 11) is -3.59. The number of nitrogens with one attached hydrogen (secondary N) is 1. The van der Waals surface area contributed by atoms with Crippen LogP contribution in [0.2, 0.25) is 0 Å². The third kappa shape index (κ3) is 5.40. The lowest BCUT2D eigenvalue weighted by Gasteiger charge is -2.21. The highest BCUT2D eigenvalue weighted by Crippen LogP contribution is 2.20. The van der Waals surface area contributed by atoms with Crippen LogP contribution in [0.25, 0.3) is 0 Å². The first kappa shape index (κ1) is 22.7. The summed E-state index contributed by atoms with van der Waals surface area (Å²) in [5, 5.41) is 2.94. The van der Waals surface area contributed by atoms with E-state index in [1.54, 1.807) is 48.5 Å². The van der Waals surface area contributed by atoms with E-state index in [1.165, 1.54) is 4.31 Å². The summed E-state index contributed by atoms with van der Waals surface area (Å²) >= 11 is 0. The van der Waals surface area contributed by atoms with Gasteiger partial charge in [0.05, 0.1) is 4.90 Å². The minimum absolute atomic E-state index is 0.195. The van der Waals surface area contributed by atoms with Crippen LogP contribution in [0.3, 0.4) is 0 Å². The van der Waals surface area contributed by atoms with E-state index >= 15 is 0 Å². The number of carbonyl (C=O) groups is 1. The van der Waals surface area contributed by atoms with E-state index < -0.39 is 10.0 Å². The summed E-state index contributed by atoms with van der Waals surface area (Å²) < 4.78 is 27.4. The zero-order valence-electron chi connectivity index (χ0n) is 18.3. The van der Waals surface area contributed by atoms with Gasteiger partial charge in [-0.25, -0.2) is 8.42 Å². The van der Waals surface area contributed by atoms with E-state index in [-0.39, 0.29) is 17.3 Å². The van der Waals surface area contributed by atoms with Gasteiger partial charge in [0.15, 0.2) is 0 Å². The maximum atomic E-state index is 13.0. The highest BCUT2D eigenvalue weighted by atomic mass is 32.2. The fourth-order valence-corrected chi connectivity index (χ4v) is 4.69. The predicted octanol–water partition coefficient (Wildman–Crippen LogP) is 5.07. The van der Waals surface area contributed by atoms with Gasteiger partial charge in [-0.15, -0.1) is 0 Å². The van der Waals surface area contributed by atoms with Gasteiger partial charge in [-0.3, -0.25) is 4.79 Å². The average molecular weight is 437 g/mol. The van der Waals surface area contributed by atoms with Crippen LogP contribution in [0.15, 0.2) is 71.6 Å². The van der Waals surface area contributed by atoms with E-state index in [1.807, 2.05) is 45.9 Å². The molecule has 3 aromatic carbocycles. The van der Waals surface area contributed by atoms with Gasteiger partial charge in [0.1, 0.15) is 0 Å². The number of aryl methyl sites for hydroxylation is 3.